The van der Waals surface area contributed by atoms with E-state index in [1.54, 1.807) is 30.3 Å². The number of methoxy groups -OCH3 is 1. The maximum absolute atomic E-state index is 13.6. The predicted octanol–water partition coefficient (Wildman–Crippen LogP) is 4.70. The Hall–Kier alpha value is -1.92. The fourth-order valence-electron chi connectivity index (χ4n) is 4.51. The molecule has 3 atom stereocenters. The van der Waals surface area contributed by atoms with Crippen LogP contribution in [0.5, 0.6) is 5.75 Å². The van der Waals surface area contributed by atoms with E-state index in [0.29, 0.717) is 29.7 Å². The third-order valence-electron chi connectivity index (χ3n) is 6.27. The van der Waals surface area contributed by atoms with Gasteiger partial charge in [-0.3, -0.25) is 0 Å². The normalized spacial score (nSPS) is 25.8. The van der Waals surface area contributed by atoms with Crippen molar-refractivity contribution in [2.45, 2.75) is 56.4 Å². The molecule has 1 aliphatic heterocycles. The van der Waals surface area contributed by atoms with Crippen molar-refractivity contribution < 1.29 is 22.7 Å². The third kappa shape index (κ3) is 4.05. The van der Waals surface area contributed by atoms with Crippen LogP contribution in [0.25, 0.3) is 0 Å². The van der Waals surface area contributed by atoms with Crippen LogP contribution in [0.3, 0.4) is 0 Å². The summed E-state index contributed by atoms with van der Waals surface area (Å²) in [5, 5.41) is 11.7. The predicted molar refractivity (Wildman–Crippen MR) is 112 cm³/mol. The highest BCUT2D eigenvalue weighted by atomic mass is 32.2. The van der Waals surface area contributed by atoms with E-state index in [2.05, 4.69) is 6.92 Å². The molecule has 0 fully saturated rings. The van der Waals surface area contributed by atoms with Crippen LogP contribution in [0, 0.1) is 11.2 Å². The van der Waals surface area contributed by atoms with Crippen LogP contribution in [-0.2, 0) is 9.84 Å². The maximum atomic E-state index is 13.6. The van der Waals surface area contributed by atoms with Gasteiger partial charge in [0.05, 0.1) is 23.9 Å². The molecule has 4 nitrogen and oxygen atoms in total. The standard InChI is InChI=1S/C23H29FO4S/c1-4-6-13-23(5-2)15-29(26,27)20-12-11-18(28-3)14-19(20)21(22(23)25)16-7-9-17(24)10-8-16/h7-12,14,21-22,25H,4-6,13,15H2,1-3H3. The van der Waals surface area contributed by atoms with Crippen molar-refractivity contribution in [3.05, 3.63) is 59.4 Å². The molecular weight excluding hydrogens is 391 g/mol. The quantitative estimate of drug-likeness (QED) is 0.736. The summed E-state index contributed by atoms with van der Waals surface area (Å²) >= 11 is 0. The Bertz CT molecular complexity index is 955. The third-order valence-corrected chi connectivity index (χ3v) is 8.27. The first-order valence-electron chi connectivity index (χ1n) is 10.1. The summed E-state index contributed by atoms with van der Waals surface area (Å²) in [6.45, 7) is 3.99. The number of rotatable bonds is 6. The minimum absolute atomic E-state index is 0.102. The first-order chi connectivity index (χ1) is 13.8. The molecule has 0 amide bonds. The van der Waals surface area contributed by atoms with Gasteiger partial charge in [0.1, 0.15) is 11.6 Å². The van der Waals surface area contributed by atoms with Gasteiger partial charge in [-0.05, 0) is 54.3 Å². The lowest BCUT2D eigenvalue weighted by atomic mass is 9.69. The van der Waals surface area contributed by atoms with Gasteiger partial charge in [0.25, 0.3) is 0 Å². The van der Waals surface area contributed by atoms with Gasteiger partial charge in [-0.25, -0.2) is 12.8 Å². The molecule has 1 aliphatic rings. The van der Waals surface area contributed by atoms with Gasteiger partial charge in [-0.15, -0.1) is 0 Å². The minimum Gasteiger partial charge on any atom is -0.497 e. The number of sulfone groups is 1. The fraction of sp³-hybridized carbons (Fsp3) is 0.478. The van der Waals surface area contributed by atoms with Crippen LogP contribution in [0.1, 0.15) is 56.6 Å². The molecule has 6 heteroatoms. The average Bonchev–Trinajstić information content (AvgIpc) is 2.78. The lowest BCUT2D eigenvalue weighted by Crippen LogP contribution is -2.42. The zero-order valence-electron chi connectivity index (χ0n) is 17.2. The number of ether oxygens (including phenoxy) is 1. The van der Waals surface area contributed by atoms with E-state index in [4.69, 9.17) is 4.74 Å². The van der Waals surface area contributed by atoms with Crippen LogP contribution in [0.4, 0.5) is 4.39 Å². The topological polar surface area (TPSA) is 63.6 Å². The fourth-order valence-corrected chi connectivity index (χ4v) is 6.77. The van der Waals surface area contributed by atoms with Gasteiger partial charge in [0.2, 0.25) is 0 Å². The largest absolute Gasteiger partial charge is 0.497 e. The highest BCUT2D eigenvalue weighted by molar-refractivity contribution is 7.91. The van der Waals surface area contributed by atoms with E-state index in [1.165, 1.54) is 19.2 Å². The van der Waals surface area contributed by atoms with Crippen LogP contribution in [0.15, 0.2) is 47.4 Å². The minimum atomic E-state index is -3.63. The molecule has 2 aromatic rings. The summed E-state index contributed by atoms with van der Waals surface area (Å²) in [6, 6.07) is 10.8. The van der Waals surface area contributed by atoms with Crippen LogP contribution >= 0.6 is 0 Å². The molecule has 1 N–H and O–H groups in total. The van der Waals surface area contributed by atoms with E-state index in [-0.39, 0.29) is 16.5 Å². The lowest BCUT2D eigenvalue weighted by Gasteiger charge is -2.39. The van der Waals surface area contributed by atoms with Crippen LogP contribution in [-0.4, -0.2) is 32.5 Å². The SMILES string of the molecule is CCCCC1(CC)CS(=O)(=O)c2ccc(OC)cc2C(c2ccc(F)cc2)C1O. The number of hydrogen-bond acceptors (Lipinski definition) is 4. The summed E-state index contributed by atoms with van der Waals surface area (Å²) in [6.07, 6.45) is 1.97. The van der Waals surface area contributed by atoms with E-state index < -0.39 is 27.3 Å². The van der Waals surface area contributed by atoms with Gasteiger partial charge >= 0.3 is 0 Å². The average molecular weight is 421 g/mol. The second kappa shape index (κ2) is 8.44. The first kappa shape index (κ1) is 21.8. The Labute approximate surface area is 172 Å². The Kier molecular flexibility index (Phi) is 6.34. The van der Waals surface area contributed by atoms with Gasteiger partial charge in [0.15, 0.2) is 9.84 Å². The molecule has 0 saturated heterocycles. The Morgan fingerprint density at radius 1 is 1.17 bits per heavy atom. The summed E-state index contributed by atoms with van der Waals surface area (Å²) in [7, 11) is -2.10. The zero-order chi connectivity index (χ0) is 21.2. The molecule has 0 aromatic heterocycles. The molecule has 0 aliphatic carbocycles. The maximum Gasteiger partial charge on any atom is 0.179 e. The van der Waals surface area contributed by atoms with Crippen molar-refractivity contribution in [1.29, 1.82) is 0 Å². The number of hydrogen-bond donors (Lipinski definition) is 1. The number of benzene rings is 2. The van der Waals surface area contributed by atoms with Crippen molar-refractivity contribution in [3.63, 3.8) is 0 Å². The van der Waals surface area contributed by atoms with E-state index >= 15 is 0 Å². The van der Waals surface area contributed by atoms with Crippen molar-refractivity contribution >= 4 is 9.84 Å². The Balaban J connectivity index is 2.29. The molecular formula is C23H29FO4S. The summed E-state index contributed by atoms with van der Waals surface area (Å²) in [4.78, 5) is 0.221. The zero-order valence-corrected chi connectivity index (χ0v) is 18.0. The number of aliphatic hydroxyl groups is 1. The number of fused-ring (bicyclic) bond motifs is 1. The molecule has 0 spiro atoms. The molecule has 1 heterocycles. The molecule has 3 rings (SSSR count). The van der Waals surface area contributed by atoms with Crippen molar-refractivity contribution in [3.8, 4) is 5.75 Å². The van der Waals surface area contributed by atoms with Gasteiger partial charge in [-0.2, -0.15) is 0 Å². The van der Waals surface area contributed by atoms with Gasteiger partial charge in [0, 0.05) is 11.3 Å². The van der Waals surface area contributed by atoms with Gasteiger partial charge in [-0.1, -0.05) is 38.8 Å². The van der Waals surface area contributed by atoms with Crippen molar-refractivity contribution in [2.24, 2.45) is 5.41 Å². The molecule has 2 aromatic carbocycles. The number of unbranched alkanes of at least 4 members (excludes halogenated alkanes) is 1. The van der Waals surface area contributed by atoms with E-state index in [1.807, 2.05) is 6.92 Å². The molecule has 29 heavy (non-hydrogen) atoms. The van der Waals surface area contributed by atoms with Crippen LogP contribution in [0.2, 0.25) is 0 Å². The van der Waals surface area contributed by atoms with Crippen molar-refractivity contribution in [1.82, 2.24) is 0 Å². The second-order valence-corrected chi connectivity index (χ2v) is 9.91. The summed E-state index contributed by atoms with van der Waals surface area (Å²) in [5.41, 5.74) is 0.426. The second-order valence-electron chi connectivity index (χ2n) is 7.96. The highest BCUT2D eigenvalue weighted by Crippen LogP contribution is 2.49. The van der Waals surface area contributed by atoms with Crippen LogP contribution < -0.4 is 4.74 Å². The molecule has 3 unspecified atom stereocenters. The number of halogens is 1. The lowest BCUT2D eigenvalue weighted by molar-refractivity contribution is 0.0173. The number of aliphatic hydroxyl groups excluding tert-OH is 1. The Morgan fingerprint density at radius 2 is 1.86 bits per heavy atom. The van der Waals surface area contributed by atoms with E-state index in [9.17, 15) is 17.9 Å². The van der Waals surface area contributed by atoms with E-state index in [0.717, 1.165) is 12.8 Å². The Morgan fingerprint density at radius 3 is 2.45 bits per heavy atom. The molecule has 0 saturated carbocycles. The van der Waals surface area contributed by atoms with Gasteiger partial charge < -0.3 is 9.84 Å². The summed E-state index contributed by atoms with van der Waals surface area (Å²) in [5.74, 6) is -0.539. The van der Waals surface area contributed by atoms with Crippen molar-refractivity contribution in [2.75, 3.05) is 12.9 Å². The smallest absolute Gasteiger partial charge is 0.179 e. The molecule has 0 radical (unpaired) electrons. The molecule has 0 bridgehead atoms. The first-order valence-corrected chi connectivity index (χ1v) is 11.8. The monoisotopic (exact) mass is 420 g/mol. The summed E-state index contributed by atoms with van der Waals surface area (Å²) < 4.78 is 45.7. The molecule has 158 valence electrons. The highest BCUT2D eigenvalue weighted by Gasteiger charge is 2.48.